The first-order valence-corrected chi connectivity index (χ1v) is 12.3. The highest BCUT2D eigenvalue weighted by Crippen LogP contribution is 2.53. The summed E-state index contributed by atoms with van der Waals surface area (Å²) in [6.07, 6.45) is 13.9. The van der Waals surface area contributed by atoms with Gasteiger partial charge < -0.3 is 0 Å². The van der Waals surface area contributed by atoms with Gasteiger partial charge in [-0.2, -0.15) is 0 Å². The highest BCUT2D eigenvalue weighted by Gasteiger charge is 2.34. The van der Waals surface area contributed by atoms with Crippen molar-refractivity contribution in [2.75, 3.05) is 0 Å². The monoisotopic (exact) mass is 530 g/mol. The molecule has 0 radical (unpaired) electrons. The largest absolute Gasteiger partial charge is 0.257 e. The smallest absolute Gasteiger partial charge is 0.0682 e. The van der Waals surface area contributed by atoms with E-state index < -0.39 is 0 Å². The third-order valence-electron chi connectivity index (χ3n) is 6.72. The molecule has 2 atom stereocenters. The van der Waals surface area contributed by atoms with Gasteiger partial charge in [0.25, 0.3) is 0 Å². The van der Waals surface area contributed by atoms with Gasteiger partial charge >= 0.3 is 0 Å². The average Bonchev–Trinajstić information content (AvgIpc) is 3.26. The van der Waals surface area contributed by atoms with Crippen molar-refractivity contribution in [2.45, 2.75) is 29.9 Å². The molecule has 0 N–H and O–H groups in total. The van der Waals surface area contributed by atoms with Gasteiger partial charge in [0, 0.05) is 12.4 Å². The van der Waals surface area contributed by atoms with E-state index in [9.17, 15) is 0 Å². The van der Waals surface area contributed by atoms with Crippen molar-refractivity contribution in [1.29, 1.82) is 0 Å². The minimum Gasteiger partial charge on any atom is -0.257 e. The Morgan fingerprint density at radius 3 is 1.61 bits per heavy atom. The molecule has 2 aromatic rings. The second kappa shape index (κ2) is 7.11. The number of pyridine rings is 2. The molecular weight excluding hydrogens is 512 g/mol. The van der Waals surface area contributed by atoms with Crippen LogP contribution < -0.4 is 0 Å². The first-order valence-electron chi connectivity index (χ1n) is 10.5. The molecule has 0 aliphatic heterocycles. The van der Waals surface area contributed by atoms with Gasteiger partial charge in [0.15, 0.2) is 0 Å². The molecule has 0 bridgehead atoms. The molecule has 0 amide bonds. The Morgan fingerprint density at radius 2 is 1.16 bits per heavy atom. The Kier molecular flexibility index (Phi) is 4.45. The van der Waals surface area contributed by atoms with Gasteiger partial charge in [-0.1, -0.05) is 56.1 Å². The van der Waals surface area contributed by atoms with Crippen molar-refractivity contribution in [3.63, 3.8) is 0 Å². The maximum atomic E-state index is 4.63. The maximum absolute atomic E-state index is 4.63. The Morgan fingerprint density at radius 1 is 0.710 bits per heavy atom. The summed E-state index contributed by atoms with van der Waals surface area (Å²) < 4.78 is 0. The van der Waals surface area contributed by atoms with E-state index in [2.05, 4.69) is 92.1 Å². The Hall–Kier alpha value is -2.30. The van der Waals surface area contributed by atoms with Crippen molar-refractivity contribution in [1.82, 2.24) is 9.97 Å². The van der Waals surface area contributed by atoms with Crippen LogP contribution in [0.4, 0.5) is 0 Å². The second-order valence-electron chi connectivity index (χ2n) is 8.50. The lowest BCUT2D eigenvalue weighted by molar-refractivity contribution is 1.04. The third-order valence-corrected chi connectivity index (χ3v) is 8.69. The fourth-order valence-electron chi connectivity index (χ4n) is 5.11. The lowest BCUT2D eigenvalue weighted by Gasteiger charge is -2.25. The molecule has 4 heteroatoms. The minimum atomic E-state index is 0.188. The molecule has 4 aliphatic carbocycles. The molecule has 2 unspecified atom stereocenters. The van der Waals surface area contributed by atoms with Gasteiger partial charge in [-0.15, -0.1) is 0 Å². The molecule has 152 valence electrons. The van der Waals surface area contributed by atoms with Crippen molar-refractivity contribution in [3.05, 3.63) is 116 Å². The topological polar surface area (TPSA) is 25.8 Å². The SMILES string of the molecule is CC1=C(CC2=C(C)C=C3C2=Cc2ncccc2C3Br)C2=Cc3ncccc3C(Br)C2=C1. The molecule has 0 saturated heterocycles. The fourth-order valence-corrected chi connectivity index (χ4v) is 6.65. The molecule has 0 saturated carbocycles. The standard InChI is InChI=1S/C27H20Br2N2/c1-14-9-22-20(12-24-16(26(22)28)5-3-7-30-24)18(14)11-19-15(2)10-23-21(19)13-25-17(27(23)29)6-4-8-31-25/h3-10,12-13,26-27H,11H2,1-2H3. The number of hydrogen-bond acceptors (Lipinski definition) is 2. The van der Waals surface area contributed by atoms with Crippen LogP contribution in [0, 0.1) is 0 Å². The number of aromatic nitrogens is 2. The molecule has 2 aromatic heterocycles. The quantitative estimate of drug-likeness (QED) is 0.370. The fraction of sp³-hybridized carbons (Fsp3) is 0.185. The summed E-state index contributed by atoms with van der Waals surface area (Å²) in [5.74, 6) is 0. The highest BCUT2D eigenvalue weighted by atomic mass is 79.9. The number of halogens is 2. The Bertz CT molecular complexity index is 1250. The lowest BCUT2D eigenvalue weighted by atomic mass is 9.84. The van der Waals surface area contributed by atoms with Gasteiger partial charge in [0.2, 0.25) is 0 Å². The second-order valence-corrected chi connectivity index (χ2v) is 10.3. The zero-order chi connectivity index (χ0) is 21.3. The van der Waals surface area contributed by atoms with Crippen LogP contribution in [0.2, 0.25) is 0 Å². The van der Waals surface area contributed by atoms with Crippen LogP contribution in [0.1, 0.15) is 52.4 Å². The normalized spacial score (nSPS) is 23.5. The van der Waals surface area contributed by atoms with Crippen molar-refractivity contribution in [2.24, 2.45) is 0 Å². The number of fused-ring (bicyclic) bond motifs is 4. The number of rotatable bonds is 2. The van der Waals surface area contributed by atoms with Gasteiger partial charge in [-0.3, -0.25) is 9.97 Å². The van der Waals surface area contributed by atoms with E-state index in [4.69, 9.17) is 0 Å². The molecule has 0 spiro atoms. The van der Waals surface area contributed by atoms with E-state index in [1.54, 1.807) is 0 Å². The average molecular weight is 532 g/mol. The predicted octanol–water partition coefficient (Wildman–Crippen LogP) is 7.75. The zero-order valence-corrected chi connectivity index (χ0v) is 20.5. The number of allylic oxidation sites excluding steroid dienone is 10. The summed E-state index contributed by atoms with van der Waals surface area (Å²) in [5, 5.41) is 0. The first kappa shape index (κ1) is 19.4. The Balaban J connectivity index is 1.41. The van der Waals surface area contributed by atoms with Crippen LogP contribution in [0.3, 0.4) is 0 Å². The van der Waals surface area contributed by atoms with Gasteiger partial charge in [0.1, 0.15) is 0 Å². The molecule has 0 aromatic carbocycles. The van der Waals surface area contributed by atoms with Gasteiger partial charge in [-0.25, -0.2) is 0 Å². The van der Waals surface area contributed by atoms with E-state index in [1.807, 2.05) is 24.5 Å². The van der Waals surface area contributed by atoms with Crippen LogP contribution in [-0.4, -0.2) is 9.97 Å². The molecule has 6 rings (SSSR count). The van der Waals surface area contributed by atoms with Crippen molar-refractivity contribution >= 4 is 44.0 Å². The lowest BCUT2D eigenvalue weighted by Crippen LogP contribution is -2.09. The van der Waals surface area contributed by atoms with E-state index in [1.165, 1.54) is 55.7 Å². The van der Waals surface area contributed by atoms with E-state index in [0.717, 1.165) is 17.8 Å². The van der Waals surface area contributed by atoms with Crippen molar-refractivity contribution < 1.29 is 0 Å². The van der Waals surface area contributed by atoms with Crippen LogP contribution in [-0.2, 0) is 0 Å². The molecular formula is C27H20Br2N2. The molecule has 2 heterocycles. The summed E-state index contributed by atoms with van der Waals surface area (Å²) in [7, 11) is 0. The van der Waals surface area contributed by atoms with Crippen LogP contribution in [0.15, 0.2) is 93.4 Å². The predicted molar refractivity (Wildman–Crippen MR) is 134 cm³/mol. The van der Waals surface area contributed by atoms with E-state index in [-0.39, 0.29) is 9.65 Å². The first-order chi connectivity index (χ1) is 15.0. The summed E-state index contributed by atoms with van der Waals surface area (Å²) in [6.45, 7) is 4.47. The summed E-state index contributed by atoms with van der Waals surface area (Å²) in [5.41, 5.74) is 15.5. The summed E-state index contributed by atoms with van der Waals surface area (Å²) in [6, 6.07) is 8.36. The van der Waals surface area contributed by atoms with Crippen LogP contribution in [0.5, 0.6) is 0 Å². The molecule has 4 aliphatic rings. The highest BCUT2D eigenvalue weighted by molar-refractivity contribution is 9.09. The summed E-state index contributed by atoms with van der Waals surface area (Å²) in [4.78, 5) is 9.64. The summed E-state index contributed by atoms with van der Waals surface area (Å²) >= 11 is 7.86. The van der Waals surface area contributed by atoms with E-state index >= 15 is 0 Å². The zero-order valence-electron chi connectivity index (χ0n) is 17.3. The number of nitrogens with zero attached hydrogens (tertiary/aromatic N) is 2. The molecule has 0 fully saturated rings. The van der Waals surface area contributed by atoms with Crippen LogP contribution >= 0.6 is 31.9 Å². The van der Waals surface area contributed by atoms with Gasteiger partial charge in [0.05, 0.1) is 21.0 Å². The minimum absolute atomic E-state index is 0.188. The van der Waals surface area contributed by atoms with Crippen LogP contribution in [0.25, 0.3) is 12.2 Å². The van der Waals surface area contributed by atoms with Crippen molar-refractivity contribution in [3.8, 4) is 0 Å². The Labute approximate surface area is 199 Å². The van der Waals surface area contributed by atoms with Gasteiger partial charge in [-0.05, 0) is 100 Å². The number of hydrogen-bond donors (Lipinski definition) is 0. The number of alkyl halides is 2. The third kappa shape index (κ3) is 2.88. The van der Waals surface area contributed by atoms with E-state index in [0.29, 0.717) is 0 Å². The molecule has 2 nitrogen and oxygen atoms in total. The molecule has 31 heavy (non-hydrogen) atoms. The maximum Gasteiger partial charge on any atom is 0.0682 e.